The number of rotatable bonds is 5. The fourth-order valence-corrected chi connectivity index (χ4v) is 11.6. The van der Waals surface area contributed by atoms with E-state index in [4.69, 9.17) is 0 Å². The van der Waals surface area contributed by atoms with Gasteiger partial charge in [0.05, 0.1) is 0 Å². The van der Waals surface area contributed by atoms with Crippen LogP contribution in [0.25, 0.3) is 0 Å². The van der Waals surface area contributed by atoms with Crippen molar-refractivity contribution in [2.75, 3.05) is 0 Å². The van der Waals surface area contributed by atoms with Gasteiger partial charge in [-0.2, -0.15) is 0 Å². The smallest absolute Gasteiger partial charge is 0.00857 e. The molecule has 0 aromatic heterocycles. The Morgan fingerprint density at radius 1 is 0.862 bits per heavy atom. The molecule has 0 radical (unpaired) electrons. The second-order valence-corrected chi connectivity index (χ2v) is 15.6. The van der Waals surface area contributed by atoms with E-state index >= 15 is 0 Å². The fraction of sp³-hybridized carbons (Fsp3) is 0.643. The van der Waals surface area contributed by atoms with E-state index in [9.17, 15) is 0 Å². The summed E-state index contributed by atoms with van der Waals surface area (Å²) in [5, 5.41) is 0.725. The number of allylic oxidation sites excluding steroid dienone is 4. The van der Waals surface area contributed by atoms with E-state index in [1.54, 1.807) is 11.1 Å². The molecule has 3 atom stereocenters. The average Bonchev–Trinajstić information content (AvgIpc) is 3.11. The average molecular weight is 411 g/mol. The molecule has 1 aromatic rings. The minimum Gasteiger partial charge on any atom is -0.0918 e. The molecular formula is C28H43P. The topological polar surface area (TPSA) is 0 Å². The van der Waals surface area contributed by atoms with Crippen LogP contribution >= 0.6 is 7.92 Å². The zero-order valence-corrected chi connectivity index (χ0v) is 20.8. The van der Waals surface area contributed by atoms with Crippen molar-refractivity contribution < 1.29 is 0 Å². The van der Waals surface area contributed by atoms with Crippen molar-refractivity contribution in [2.24, 2.45) is 11.8 Å². The van der Waals surface area contributed by atoms with Gasteiger partial charge in [-0.05, 0) is 40.3 Å². The highest BCUT2D eigenvalue weighted by molar-refractivity contribution is 7.61. The van der Waals surface area contributed by atoms with Crippen molar-refractivity contribution in [3.8, 4) is 0 Å². The maximum absolute atomic E-state index is 2.55. The molecule has 1 aromatic carbocycles. The lowest BCUT2D eigenvalue weighted by molar-refractivity contribution is 0.317. The Morgan fingerprint density at radius 3 is 2.00 bits per heavy atom. The van der Waals surface area contributed by atoms with Crippen molar-refractivity contribution in [3.05, 3.63) is 59.7 Å². The van der Waals surface area contributed by atoms with E-state index in [0.717, 1.165) is 5.92 Å². The summed E-state index contributed by atoms with van der Waals surface area (Å²) >= 11 is 0. The molecule has 2 aliphatic rings. The summed E-state index contributed by atoms with van der Waals surface area (Å²) in [6.07, 6.45) is 14.4. The molecule has 1 unspecified atom stereocenters. The largest absolute Gasteiger partial charge is 0.0918 e. The second-order valence-electron chi connectivity index (χ2n) is 11.3. The molecule has 0 nitrogen and oxygen atoms in total. The van der Waals surface area contributed by atoms with Crippen LogP contribution in [0.5, 0.6) is 0 Å². The predicted octanol–water partition coefficient (Wildman–Crippen LogP) is 8.93. The number of hydrogen-bond donors (Lipinski definition) is 0. The molecule has 0 aliphatic heterocycles. The van der Waals surface area contributed by atoms with E-state index in [2.05, 4.69) is 97.0 Å². The lowest BCUT2D eigenvalue weighted by Gasteiger charge is -2.48. The molecule has 0 spiro atoms. The van der Waals surface area contributed by atoms with Gasteiger partial charge in [0.2, 0.25) is 0 Å². The van der Waals surface area contributed by atoms with Gasteiger partial charge in [-0.15, -0.1) is 0 Å². The van der Waals surface area contributed by atoms with Crippen LogP contribution in [0.4, 0.5) is 0 Å². The highest BCUT2D eigenvalue weighted by atomic mass is 31.1. The highest BCUT2D eigenvalue weighted by Gasteiger charge is 2.43. The van der Waals surface area contributed by atoms with Gasteiger partial charge in [-0.3, -0.25) is 0 Å². The molecular weight excluding hydrogens is 367 g/mol. The summed E-state index contributed by atoms with van der Waals surface area (Å²) < 4.78 is 0. The van der Waals surface area contributed by atoms with Crippen LogP contribution in [-0.4, -0.2) is 16.0 Å². The Kier molecular flexibility index (Phi) is 7.15. The van der Waals surface area contributed by atoms with Crippen LogP contribution in [0.1, 0.15) is 92.1 Å². The first-order valence-corrected chi connectivity index (χ1v) is 13.2. The molecule has 29 heavy (non-hydrogen) atoms. The molecule has 0 heterocycles. The fourth-order valence-electron chi connectivity index (χ4n) is 6.51. The van der Waals surface area contributed by atoms with Crippen molar-refractivity contribution >= 4 is 7.92 Å². The van der Waals surface area contributed by atoms with E-state index in [1.807, 2.05) is 0 Å². The number of benzene rings is 1. The molecule has 0 saturated heterocycles. The maximum Gasteiger partial charge on any atom is 0.00857 e. The molecule has 1 fully saturated rings. The van der Waals surface area contributed by atoms with Crippen LogP contribution in [0.2, 0.25) is 0 Å². The summed E-state index contributed by atoms with van der Waals surface area (Å²) in [5.74, 6) is 1.99. The van der Waals surface area contributed by atoms with Crippen LogP contribution in [0.3, 0.4) is 0 Å². The Labute approximate surface area is 182 Å². The third-order valence-corrected chi connectivity index (χ3v) is 11.0. The molecule has 1 heteroatoms. The first-order valence-electron chi connectivity index (χ1n) is 11.8. The predicted molar refractivity (Wildman–Crippen MR) is 132 cm³/mol. The Balaban J connectivity index is 1.96. The summed E-state index contributed by atoms with van der Waals surface area (Å²) in [5.41, 5.74) is 3.95. The SMILES string of the molecule is C[C@@H]([C@@H]1C=CC=C1C(c1ccccc1)C1CCCCC1)P(C(C)(C)C)C(C)(C)C. The lowest BCUT2D eigenvalue weighted by Crippen LogP contribution is -2.34. The van der Waals surface area contributed by atoms with Gasteiger partial charge in [-0.25, -0.2) is 0 Å². The maximum atomic E-state index is 2.55. The van der Waals surface area contributed by atoms with Crippen molar-refractivity contribution in [1.29, 1.82) is 0 Å². The lowest BCUT2D eigenvalue weighted by atomic mass is 9.71. The molecule has 160 valence electrons. The Morgan fingerprint density at radius 2 is 1.45 bits per heavy atom. The molecule has 0 amide bonds. The van der Waals surface area contributed by atoms with Gasteiger partial charge in [0.1, 0.15) is 0 Å². The molecule has 3 rings (SSSR count). The standard InChI is InChI=1S/C28H43P/c1-21(29(27(2,3)4)28(5,6)7)24-19-14-20-25(24)26(22-15-10-8-11-16-22)23-17-12-9-13-18-23/h8,10-11,14-16,19-21,23-24,26H,9,12-13,17-18H2,1-7H3/t21-,24-,26?/m0/s1. The third-order valence-electron chi connectivity index (χ3n) is 7.00. The normalized spacial score (nSPS) is 23.3. The van der Waals surface area contributed by atoms with Crippen LogP contribution in [0, 0.1) is 11.8 Å². The molecule has 2 aliphatic carbocycles. The summed E-state index contributed by atoms with van der Waals surface area (Å²) in [4.78, 5) is 0. The molecule has 0 bridgehead atoms. The molecule has 0 N–H and O–H groups in total. The van der Waals surface area contributed by atoms with Crippen molar-refractivity contribution in [3.63, 3.8) is 0 Å². The van der Waals surface area contributed by atoms with Crippen molar-refractivity contribution in [2.45, 2.75) is 102 Å². The van der Waals surface area contributed by atoms with Crippen LogP contribution < -0.4 is 0 Å². The van der Waals surface area contributed by atoms with E-state index in [1.165, 1.54) is 32.1 Å². The van der Waals surface area contributed by atoms with Crippen LogP contribution in [-0.2, 0) is 0 Å². The number of hydrogen-bond acceptors (Lipinski definition) is 0. The first-order chi connectivity index (χ1) is 13.6. The van der Waals surface area contributed by atoms with Crippen LogP contribution in [0.15, 0.2) is 54.1 Å². The van der Waals surface area contributed by atoms with Gasteiger partial charge >= 0.3 is 0 Å². The Bertz CT molecular complexity index is 693. The van der Waals surface area contributed by atoms with E-state index < -0.39 is 0 Å². The second kappa shape index (κ2) is 9.09. The summed E-state index contributed by atoms with van der Waals surface area (Å²) in [7, 11) is -0.145. The van der Waals surface area contributed by atoms with Gasteiger partial charge in [0, 0.05) is 11.8 Å². The van der Waals surface area contributed by atoms with E-state index in [-0.39, 0.29) is 7.92 Å². The quantitative estimate of drug-likeness (QED) is 0.425. The summed E-state index contributed by atoms with van der Waals surface area (Å²) in [6, 6.07) is 11.4. The van der Waals surface area contributed by atoms with Crippen molar-refractivity contribution in [1.82, 2.24) is 0 Å². The van der Waals surface area contributed by atoms with Gasteiger partial charge in [0.25, 0.3) is 0 Å². The minimum atomic E-state index is -0.145. The van der Waals surface area contributed by atoms with Gasteiger partial charge < -0.3 is 0 Å². The highest BCUT2D eigenvalue weighted by Crippen LogP contribution is 2.65. The zero-order chi connectivity index (χ0) is 21.2. The molecule has 1 saturated carbocycles. The first kappa shape index (κ1) is 22.8. The van der Waals surface area contributed by atoms with E-state index in [0.29, 0.717) is 27.8 Å². The third kappa shape index (κ3) is 5.25. The zero-order valence-electron chi connectivity index (χ0n) is 19.9. The monoisotopic (exact) mass is 410 g/mol. The summed E-state index contributed by atoms with van der Waals surface area (Å²) in [6.45, 7) is 17.4. The van der Waals surface area contributed by atoms with Gasteiger partial charge in [-0.1, -0.05) is 130 Å². The minimum absolute atomic E-state index is 0.145. The van der Waals surface area contributed by atoms with Gasteiger partial charge in [0.15, 0.2) is 0 Å². The Hall–Kier alpha value is -0.870.